The number of carbonyl (C=O) groups is 1. The van der Waals surface area contributed by atoms with Crippen molar-refractivity contribution >= 4 is 5.97 Å². The van der Waals surface area contributed by atoms with Crippen LogP contribution in [-0.4, -0.2) is 30.3 Å². The molecule has 1 saturated carbocycles. The fourth-order valence-corrected chi connectivity index (χ4v) is 1.89. The average molecular weight is 223 g/mol. The summed E-state index contributed by atoms with van der Waals surface area (Å²) in [6.07, 6.45) is 2.74. The van der Waals surface area contributed by atoms with Crippen molar-refractivity contribution in [3.8, 4) is 11.6 Å². The quantitative estimate of drug-likeness (QED) is 0.831. The number of hydrogen-bond acceptors (Lipinski definition) is 4. The summed E-state index contributed by atoms with van der Waals surface area (Å²) in [6, 6.07) is 1.65. The van der Waals surface area contributed by atoms with E-state index in [-0.39, 0.29) is 0 Å². The van der Waals surface area contributed by atoms with Crippen LogP contribution in [0.1, 0.15) is 18.4 Å². The first-order chi connectivity index (χ1) is 7.65. The summed E-state index contributed by atoms with van der Waals surface area (Å²) < 4.78 is 10.3. The van der Waals surface area contributed by atoms with Crippen LogP contribution in [0.5, 0.6) is 11.6 Å². The fraction of sp³-hybridized carbons (Fsp3) is 0.455. The van der Waals surface area contributed by atoms with E-state index in [1.807, 2.05) is 0 Å². The molecule has 5 nitrogen and oxygen atoms in total. The van der Waals surface area contributed by atoms with Gasteiger partial charge in [0.2, 0.25) is 5.88 Å². The van der Waals surface area contributed by atoms with Crippen LogP contribution in [0.2, 0.25) is 0 Å². The van der Waals surface area contributed by atoms with Gasteiger partial charge >= 0.3 is 5.97 Å². The van der Waals surface area contributed by atoms with Crippen LogP contribution in [0, 0.1) is 0 Å². The third-order valence-electron chi connectivity index (χ3n) is 2.93. The van der Waals surface area contributed by atoms with E-state index in [4.69, 9.17) is 9.47 Å². The summed E-state index contributed by atoms with van der Waals surface area (Å²) in [5.41, 5.74) is -0.321. The van der Waals surface area contributed by atoms with E-state index in [9.17, 15) is 9.90 Å². The van der Waals surface area contributed by atoms with Crippen LogP contribution in [0.15, 0.2) is 12.3 Å². The molecule has 0 saturated heterocycles. The predicted octanol–water partition coefficient (Wildman–Crippen LogP) is 1.21. The van der Waals surface area contributed by atoms with Crippen LogP contribution in [-0.2, 0) is 10.2 Å². The molecule has 16 heavy (non-hydrogen) atoms. The van der Waals surface area contributed by atoms with Gasteiger partial charge in [-0.1, -0.05) is 0 Å². The molecule has 1 heterocycles. The Labute approximate surface area is 93.0 Å². The molecule has 0 radical (unpaired) electrons. The summed E-state index contributed by atoms with van der Waals surface area (Å²) >= 11 is 0. The number of nitrogens with zero attached hydrogens (tertiary/aromatic N) is 1. The molecule has 0 unspecified atom stereocenters. The molecule has 86 valence electrons. The zero-order chi connectivity index (χ0) is 11.8. The van der Waals surface area contributed by atoms with Gasteiger partial charge < -0.3 is 14.6 Å². The molecule has 5 heteroatoms. The smallest absolute Gasteiger partial charge is 0.314 e. The number of hydrogen-bond donors (Lipinski definition) is 1. The molecule has 0 bridgehead atoms. The topological polar surface area (TPSA) is 68.7 Å². The van der Waals surface area contributed by atoms with Gasteiger partial charge in [-0.25, -0.2) is 4.98 Å². The lowest BCUT2D eigenvalue weighted by Crippen LogP contribution is -2.21. The van der Waals surface area contributed by atoms with Crippen LogP contribution in [0.4, 0.5) is 0 Å². The Balaban J connectivity index is 2.57. The minimum atomic E-state index is -0.870. The van der Waals surface area contributed by atoms with Crippen molar-refractivity contribution in [2.24, 2.45) is 0 Å². The molecule has 1 aromatic heterocycles. The number of aliphatic carboxylic acids is 1. The van der Waals surface area contributed by atoms with E-state index < -0.39 is 11.4 Å². The Bertz CT molecular complexity index is 404. The van der Waals surface area contributed by atoms with Gasteiger partial charge in [0.15, 0.2) is 0 Å². The third kappa shape index (κ3) is 1.39. The highest BCUT2D eigenvalue weighted by Crippen LogP contribution is 2.54. The maximum absolute atomic E-state index is 11.3. The molecule has 0 aliphatic heterocycles. The molecule has 1 N–H and O–H groups in total. The van der Waals surface area contributed by atoms with E-state index >= 15 is 0 Å². The molecule has 0 atom stereocenters. The lowest BCUT2D eigenvalue weighted by atomic mass is 9.96. The molecular formula is C11H13NO4. The standard InChI is InChI=1S/C11H13NO4/c1-15-7-3-6-12-9(16-2)8(7)11(4-5-11)10(13)14/h3,6H,4-5H2,1-2H3,(H,13,14). The van der Waals surface area contributed by atoms with Crippen LogP contribution in [0.3, 0.4) is 0 Å². The lowest BCUT2D eigenvalue weighted by molar-refractivity contribution is -0.140. The van der Waals surface area contributed by atoms with Gasteiger partial charge in [-0.3, -0.25) is 4.79 Å². The minimum Gasteiger partial charge on any atom is -0.496 e. The van der Waals surface area contributed by atoms with E-state index in [0.717, 1.165) is 0 Å². The summed E-state index contributed by atoms with van der Waals surface area (Å²) in [5, 5.41) is 9.26. The Morgan fingerprint density at radius 1 is 1.44 bits per heavy atom. The summed E-state index contributed by atoms with van der Waals surface area (Å²) in [4.78, 5) is 15.3. The van der Waals surface area contributed by atoms with Gasteiger partial charge in [0.05, 0.1) is 19.8 Å². The molecular weight excluding hydrogens is 210 g/mol. The zero-order valence-electron chi connectivity index (χ0n) is 9.19. The lowest BCUT2D eigenvalue weighted by Gasteiger charge is -2.16. The van der Waals surface area contributed by atoms with Gasteiger partial charge in [-0.15, -0.1) is 0 Å². The van der Waals surface area contributed by atoms with Gasteiger partial charge in [0.1, 0.15) is 11.2 Å². The Kier molecular flexibility index (Phi) is 2.46. The van der Waals surface area contributed by atoms with Gasteiger partial charge in [-0.05, 0) is 18.9 Å². The number of carboxylic acid groups (broad SMARTS) is 1. The predicted molar refractivity (Wildman–Crippen MR) is 55.9 cm³/mol. The average Bonchev–Trinajstić information content (AvgIpc) is 3.09. The van der Waals surface area contributed by atoms with Gasteiger partial charge in [0.25, 0.3) is 0 Å². The Morgan fingerprint density at radius 2 is 2.12 bits per heavy atom. The van der Waals surface area contributed by atoms with Crippen LogP contribution < -0.4 is 9.47 Å². The second-order valence-electron chi connectivity index (χ2n) is 3.78. The number of methoxy groups -OCH3 is 2. The molecule has 1 aliphatic rings. The number of aromatic nitrogens is 1. The number of pyridine rings is 1. The third-order valence-corrected chi connectivity index (χ3v) is 2.93. The molecule has 2 rings (SSSR count). The Morgan fingerprint density at radius 3 is 2.56 bits per heavy atom. The molecule has 0 spiro atoms. The second-order valence-corrected chi connectivity index (χ2v) is 3.78. The van der Waals surface area contributed by atoms with E-state index in [2.05, 4.69) is 4.98 Å². The maximum atomic E-state index is 11.3. The van der Waals surface area contributed by atoms with Crippen molar-refractivity contribution in [2.45, 2.75) is 18.3 Å². The monoisotopic (exact) mass is 223 g/mol. The van der Waals surface area contributed by atoms with Crippen molar-refractivity contribution in [2.75, 3.05) is 14.2 Å². The molecule has 1 aliphatic carbocycles. The van der Waals surface area contributed by atoms with Gasteiger partial charge in [0, 0.05) is 6.20 Å². The highest BCUT2D eigenvalue weighted by Gasteiger charge is 2.55. The van der Waals surface area contributed by atoms with Crippen molar-refractivity contribution in [1.82, 2.24) is 4.98 Å². The number of ether oxygens (including phenoxy) is 2. The van der Waals surface area contributed by atoms with E-state index in [0.29, 0.717) is 30.0 Å². The van der Waals surface area contributed by atoms with Crippen molar-refractivity contribution in [3.63, 3.8) is 0 Å². The van der Waals surface area contributed by atoms with Crippen molar-refractivity contribution < 1.29 is 19.4 Å². The highest BCUT2D eigenvalue weighted by atomic mass is 16.5. The summed E-state index contributed by atoms with van der Waals surface area (Å²) in [7, 11) is 2.99. The van der Waals surface area contributed by atoms with Crippen LogP contribution in [0.25, 0.3) is 0 Å². The number of carboxylic acids is 1. The normalized spacial score (nSPS) is 16.6. The molecule has 1 aromatic rings. The molecule has 0 amide bonds. The Hall–Kier alpha value is -1.78. The first kappa shape index (κ1) is 10.7. The van der Waals surface area contributed by atoms with E-state index in [1.165, 1.54) is 14.2 Å². The SMILES string of the molecule is COc1ccnc(OC)c1C1(C(=O)O)CC1. The molecule has 0 aromatic carbocycles. The van der Waals surface area contributed by atoms with Crippen molar-refractivity contribution in [3.05, 3.63) is 17.8 Å². The largest absolute Gasteiger partial charge is 0.496 e. The second kappa shape index (κ2) is 3.66. The van der Waals surface area contributed by atoms with Crippen molar-refractivity contribution in [1.29, 1.82) is 0 Å². The summed E-state index contributed by atoms with van der Waals surface area (Å²) in [6.45, 7) is 0. The highest BCUT2D eigenvalue weighted by molar-refractivity contribution is 5.86. The first-order valence-corrected chi connectivity index (χ1v) is 4.96. The first-order valence-electron chi connectivity index (χ1n) is 4.96. The van der Waals surface area contributed by atoms with Gasteiger partial charge in [-0.2, -0.15) is 0 Å². The van der Waals surface area contributed by atoms with Crippen LogP contribution >= 0.6 is 0 Å². The minimum absolute atomic E-state index is 0.333. The fourth-order valence-electron chi connectivity index (χ4n) is 1.89. The maximum Gasteiger partial charge on any atom is 0.314 e. The number of rotatable bonds is 4. The summed E-state index contributed by atoms with van der Waals surface area (Å²) in [5.74, 6) is 0.00287. The van der Waals surface area contributed by atoms with E-state index in [1.54, 1.807) is 12.3 Å². The molecule has 1 fully saturated rings. The zero-order valence-corrected chi connectivity index (χ0v) is 9.19.